The van der Waals surface area contributed by atoms with Gasteiger partial charge in [-0.05, 0) is 18.8 Å². The lowest BCUT2D eigenvalue weighted by atomic mass is 10.1. The molecule has 3 unspecified atom stereocenters. The first-order chi connectivity index (χ1) is 7.76. The predicted molar refractivity (Wildman–Crippen MR) is 60.9 cm³/mol. The number of rotatable bonds is 3. The molecule has 2 fully saturated rings. The van der Waals surface area contributed by atoms with Gasteiger partial charge in [-0.3, -0.25) is 4.79 Å². The van der Waals surface area contributed by atoms with Gasteiger partial charge in [0.2, 0.25) is 0 Å². The van der Waals surface area contributed by atoms with Crippen LogP contribution in [0.1, 0.15) is 23.4 Å². The van der Waals surface area contributed by atoms with E-state index >= 15 is 0 Å². The Morgan fingerprint density at radius 3 is 3.12 bits per heavy atom. The van der Waals surface area contributed by atoms with Crippen molar-refractivity contribution in [3.05, 3.63) is 17.0 Å². The molecule has 1 saturated carbocycles. The quantitative estimate of drug-likeness (QED) is 0.817. The van der Waals surface area contributed by atoms with Gasteiger partial charge in [0, 0.05) is 18.6 Å². The Kier molecular flexibility index (Phi) is 2.23. The third-order valence-electron chi connectivity index (χ3n) is 3.60. The third kappa shape index (κ3) is 1.30. The molecule has 1 saturated heterocycles. The van der Waals surface area contributed by atoms with Crippen molar-refractivity contribution < 1.29 is 9.21 Å². The molecule has 1 aliphatic heterocycles. The van der Waals surface area contributed by atoms with Crippen LogP contribution in [-0.2, 0) is 0 Å². The van der Waals surface area contributed by atoms with Crippen LogP contribution in [0.2, 0.25) is 5.02 Å². The van der Waals surface area contributed by atoms with Crippen molar-refractivity contribution in [2.45, 2.75) is 24.9 Å². The molecule has 1 aliphatic carbocycles. The summed E-state index contributed by atoms with van der Waals surface area (Å²) >= 11 is 6.07. The van der Waals surface area contributed by atoms with E-state index in [1.165, 1.54) is 12.7 Å². The molecule has 3 rings (SSSR count). The lowest BCUT2D eigenvalue weighted by molar-refractivity contribution is 0.110. The normalized spacial score (nSPS) is 31.6. The zero-order valence-electron chi connectivity index (χ0n) is 8.73. The van der Waals surface area contributed by atoms with E-state index in [1.54, 1.807) is 0 Å². The number of carbonyl (C=O) groups excluding carboxylic acids is 1. The highest BCUT2D eigenvalue weighted by Gasteiger charge is 2.52. The van der Waals surface area contributed by atoms with Gasteiger partial charge in [-0.25, -0.2) is 0 Å². The molecule has 86 valence electrons. The molecule has 16 heavy (non-hydrogen) atoms. The molecule has 0 aromatic carbocycles. The van der Waals surface area contributed by atoms with Crippen molar-refractivity contribution in [3.63, 3.8) is 0 Å². The Balaban J connectivity index is 2.01. The van der Waals surface area contributed by atoms with Crippen LogP contribution < -0.4 is 10.6 Å². The number of fused-ring (bicyclic) bond motifs is 1. The summed E-state index contributed by atoms with van der Waals surface area (Å²) in [6.07, 6.45) is 4.41. The van der Waals surface area contributed by atoms with Gasteiger partial charge in [-0.2, -0.15) is 0 Å². The van der Waals surface area contributed by atoms with Gasteiger partial charge < -0.3 is 15.1 Å². The summed E-state index contributed by atoms with van der Waals surface area (Å²) in [5.74, 6) is 1.04. The van der Waals surface area contributed by atoms with Crippen LogP contribution in [0.4, 0.5) is 5.69 Å². The maximum atomic E-state index is 10.9. The van der Waals surface area contributed by atoms with Crippen molar-refractivity contribution in [2.75, 3.05) is 11.4 Å². The number of nitrogens with zero attached hydrogens (tertiary/aromatic N) is 1. The Hall–Kier alpha value is -1.00. The Morgan fingerprint density at radius 1 is 1.62 bits per heavy atom. The summed E-state index contributed by atoms with van der Waals surface area (Å²) in [6.45, 7) is 0.590. The SMILES string of the molecule is NCC1CC2CC2N1c1c(Cl)coc1C=O. The fraction of sp³-hybridized carbons (Fsp3) is 0.545. The number of furan rings is 1. The van der Waals surface area contributed by atoms with E-state index in [9.17, 15) is 4.79 Å². The first-order valence-corrected chi connectivity index (χ1v) is 5.84. The fourth-order valence-corrected chi connectivity index (χ4v) is 3.03. The van der Waals surface area contributed by atoms with E-state index < -0.39 is 0 Å². The summed E-state index contributed by atoms with van der Waals surface area (Å²) < 4.78 is 5.13. The van der Waals surface area contributed by atoms with E-state index in [4.69, 9.17) is 21.8 Å². The number of anilines is 1. The number of hydrogen-bond donors (Lipinski definition) is 1. The molecule has 5 heteroatoms. The summed E-state index contributed by atoms with van der Waals surface area (Å²) in [5.41, 5.74) is 6.48. The zero-order chi connectivity index (χ0) is 11.3. The molecule has 2 heterocycles. The number of piperidine rings is 1. The first kappa shape index (κ1) is 10.2. The molecule has 0 amide bonds. The maximum absolute atomic E-state index is 10.9. The molecule has 0 spiro atoms. The van der Waals surface area contributed by atoms with Gasteiger partial charge in [-0.1, -0.05) is 11.6 Å². The van der Waals surface area contributed by atoms with Crippen molar-refractivity contribution >= 4 is 23.6 Å². The van der Waals surface area contributed by atoms with Gasteiger partial charge in [0.25, 0.3) is 0 Å². The Bertz CT molecular complexity index is 432. The molecule has 1 aromatic heterocycles. The van der Waals surface area contributed by atoms with Crippen LogP contribution >= 0.6 is 11.6 Å². The highest BCUT2D eigenvalue weighted by molar-refractivity contribution is 6.33. The van der Waals surface area contributed by atoms with Crippen LogP contribution in [0, 0.1) is 5.92 Å². The van der Waals surface area contributed by atoms with E-state index in [0.29, 0.717) is 29.7 Å². The average molecular weight is 241 g/mol. The van der Waals surface area contributed by atoms with Gasteiger partial charge in [0.1, 0.15) is 17.0 Å². The number of aldehydes is 1. The lowest BCUT2D eigenvalue weighted by Gasteiger charge is -2.28. The van der Waals surface area contributed by atoms with Crippen LogP contribution in [0.15, 0.2) is 10.7 Å². The molecule has 0 radical (unpaired) electrons. The minimum Gasteiger partial charge on any atom is -0.458 e. The molecule has 2 N–H and O–H groups in total. The number of nitrogens with two attached hydrogens (primary N) is 1. The zero-order valence-corrected chi connectivity index (χ0v) is 9.48. The van der Waals surface area contributed by atoms with Crippen molar-refractivity contribution in [1.82, 2.24) is 0 Å². The van der Waals surface area contributed by atoms with Crippen LogP contribution in [0.25, 0.3) is 0 Å². The summed E-state index contributed by atoms with van der Waals surface area (Å²) in [5, 5.41) is 0.508. The fourth-order valence-electron chi connectivity index (χ4n) is 2.80. The van der Waals surface area contributed by atoms with Crippen LogP contribution in [0.5, 0.6) is 0 Å². The maximum Gasteiger partial charge on any atom is 0.191 e. The monoisotopic (exact) mass is 240 g/mol. The number of carbonyl (C=O) groups is 1. The standard InChI is InChI=1S/C11H13ClN2O2/c12-8-5-16-10(4-15)11(8)14-7(3-13)1-6-2-9(6)14/h4-7,9H,1-3,13H2. The topological polar surface area (TPSA) is 59.5 Å². The number of halogens is 1. The van der Waals surface area contributed by atoms with E-state index in [2.05, 4.69) is 4.90 Å². The molecule has 4 nitrogen and oxygen atoms in total. The molecule has 1 aromatic rings. The largest absolute Gasteiger partial charge is 0.458 e. The Labute approximate surface area is 98.3 Å². The highest BCUT2D eigenvalue weighted by atomic mass is 35.5. The van der Waals surface area contributed by atoms with Crippen molar-refractivity contribution in [3.8, 4) is 0 Å². The third-order valence-corrected chi connectivity index (χ3v) is 3.87. The number of hydrogen-bond acceptors (Lipinski definition) is 4. The second kappa shape index (κ2) is 3.50. The summed E-state index contributed by atoms with van der Waals surface area (Å²) in [7, 11) is 0. The minimum atomic E-state index is 0.289. The van der Waals surface area contributed by atoms with E-state index in [1.807, 2.05) is 0 Å². The lowest BCUT2D eigenvalue weighted by Crippen LogP contribution is -2.38. The second-order valence-electron chi connectivity index (χ2n) is 4.51. The van der Waals surface area contributed by atoms with Gasteiger partial charge >= 0.3 is 0 Å². The molecule has 2 aliphatic rings. The molecule has 3 atom stereocenters. The second-order valence-corrected chi connectivity index (χ2v) is 4.92. The van der Waals surface area contributed by atoms with E-state index in [-0.39, 0.29) is 6.04 Å². The van der Waals surface area contributed by atoms with E-state index in [0.717, 1.165) is 18.0 Å². The average Bonchev–Trinajstić information content (AvgIpc) is 2.82. The van der Waals surface area contributed by atoms with Crippen LogP contribution in [0.3, 0.4) is 0 Å². The molecular weight excluding hydrogens is 228 g/mol. The van der Waals surface area contributed by atoms with Gasteiger partial charge in [0.15, 0.2) is 12.0 Å². The molecular formula is C11H13ClN2O2. The first-order valence-electron chi connectivity index (χ1n) is 5.46. The Morgan fingerprint density at radius 2 is 2.44 bits per heavy atom. The highest BCUT2D eigenvalue weighted by Crippen LogP contribution is 2.51. The predicted octanol–water partition coefficient (Wildman–Crippen LogP) is 1.67. The summed E-state index contributed by atoms with van der Waals surface area (Å²) in [6, 6.07) is 0.792. The van der Waals surface area contributed by atoms with Gasteiger partial charge in [0.05, 0.1) is 0 Å². The summed E-state index contributed by atoms with van der Waals surface area (Å²) in [4.78, 5) is 13.1. The smallest absolute Gasteiger partial charge is 0.191 e. The van der Waals surface area contributed by atoms with Crippen LogP contribution in [-0.4, -0.2) is 24.9 Å². The minimum absolute atomic E-state index is 0.289. The molecule has 0 bridgehead atoms. The van der Waals surface area contributed by atoms with Gasteiger partial charge in [-0.15, -0.1) is 0 Å². The van der Waals surface area contributed by atoms with Crippen molar-refractivity contribution in [1.29, 1.82) is 0 Å². The van der Waals surface area contributed by atoms with Crippen molar-refractivity contribution in [2.24, 2.45) is 11.7 Å².